The van der Waals surface area contributed by atoms with E-state index in [1.807, 2.05) is 24.3 Å². The summed E-state index contributed by atoms with van der Waals surface area (Å²) in [6.07, 6.45) is 2.37. The van der Waals surface area contributed by atoms with Gasteiger partial charge in [0.15, 0.2) is 17.5 Å². The maximum Gasteiger partial charge on any atom is 0.188 e. The molecule has 26 heavy (non-hydrogen) atoms. The van der Waals surface area contributed by atoms with Gasteiger partial charge >= 0.3 is 0 Å². The van der Waals surface area contributed by atoms with Crippen molar-refractivity contribution >= 4 is 29.9 Å². The average molecular weight is 467 g/mol. The average Bonchev–Trinajstić information content (AvgIpc) is 3.46. The maximum atomic E-state index is 6.04. The quantitative estimate of drug-likeness (QED) is 0.372. The van der Waals surface area contributed by atoms with Crippen LogP contribution in [0.3, 0.4) is 0 Å². The monoisotopic (exact) mass is 467 g/mol. The van der Waals surface area contributed by atoms with Crippen molar-refractivity contribution in [2.75, 3.05) is 20.8 Å². The molecule has 6 heteroatoms. The van der Waals surface area contributed by atoms with E-state index >= 15 is 0 Å². The molecule has 1 fully saturated rings. The number of nitrogens with zero attached hydrogens (tertiary/aromatic N) is 1. The van der Waals surface area contributed by atoms with Crippen molar-refractivity contribution in [1.82, 2.24) is 5.32 Å². The van der Waals surface area contributed by atoms with Crippen LogP contribution in [0.25, 0.3) is 0 Å². The van der Waals surface area contributed by atoms with Crippen LogP contribution in [0.4, 0.5) is 0 Å². The summed E-state index contributed by atoms with van der Waals surface area (Å²) in [5, 5.41) is 3.28. The molecular formula is C20H26IN3O2. The normalized spacial score (nSPS) is 14.9. The maximum absolute atomic E-state index is 6.04. The molecule has 0 unspecified atom stereocenters. The van der Waals surface area contributed by atoms with E-state index < -0.39 is 0 Å². The zero-order valence-electron chi connectivity index (χ0n) is 15.2. The van der Waals surface area contributed by atoms with Crippen LogP contribution in [-0.4, -0.2) is 26.7 Å². The molecule has 0 radical (unpaired) electrons. The van der Waals surface area contributed by atoms with Gasteiger partial charge in [0.1, 0.15) is 0 Å². The van der Waals surface area contributed by atoms with Crippen LogP contribution in [0, 0.1) is 0 Å². The summed E-state index contributed by atoms with van der Waals surface area (Å²) in [6.45, 7) is 1.32. The van der Waals surface area contributed by atoms with E-state index in [1.165, 1.54) is 18.4 Å². The van der Waals surface area contributed by atoms with Crippen LogP contribution < -0.4 is 20.5 Å². The first-order valence-electron chi connectivity index (χ1n) is 8.47. The molecule has 5 nitrogen and oxygen atoms in total. The van der Waals surface area contributed by atoms with Crippen LogP contribution in [0.1, 0.15) is 24.0 Å². The second kappa shape index (κ2) is 9.12. The Morgan fingerprint density at radius 1 is 1.08 bits per heavy atom. The molecule has 0 aromatic heterocycles. The lowest BCUT2D eigenvalue weighted by Gasteiger charge is -2.17. The predicted octanol–water partition coefficient (Wildman–Crippen LogP) is 3.46. The van der Waals surface area contributed by atoms with Crippen molar-refractivity contribution in [3.63, 3.8) is 0 Å². The summed E-state index contributed by atoms with van der Waals surface area (Å²) in [7, 11) is 3.25. The molecule has 1 saturated carbocycles. The third kappa shape index (κ3) is 4.81. The minimum absolute atomic E-state index is 0. The van der Waals surface area contributed by atoms with Crippen molar-refractivity contribution in [2.45, 2.75) is 24.8 Å². The molecule has 3 rings (SSSR count). The first-order chi connectivity index (χ1) is 12.2. The first kappa shape index (κ1) is 20.4. The van der Waals surface area contributed by atoms with Gasteiger partial charge in [-0.1, -0.05) is 36.4 Å². The van der Waals surface area contributed by atoms with Gasteiger partial charge in [0.05, 0.1) is 20.8 Å². The zero-order chi connectivity index (χ0) is 17.7. The van der Waals surface area contributed by atoms with Gasteiger partial charge in [-0.2, -0.15) is 0 Å². The molecule has 0 amide bonds. The third-order valence-electron chi connectivity index (χ3n) is 4.73. The summed E-state index contributed by atoms with van der Waals surface area (Å²) in [6, 6.07) is 16.4. The van der Waals surface area contributed by atoms with E-state index in [9.17, 15) is 0 Å². The minimum Gasteiger partial charge on any atom is -0.493 e. The molecular weight excluding hydrogens is 441 g/mol. The molecule has 1 aliphatic rings. The number of halogens is 1. The molecule has 1 aliphatic carbocycles. The van der Waals surface area contributed by atoms with E-state index in [1.54, 1.807) is 14.2 Å². The smallest absolute Gasteiger partial charge is 0.188 e. The van der Waals surface area contributed by atoms with E-state index in [2.05, 4.69) is 34.6 Å². The Labute approximate surface area is 172 Å². The number of nitrogens with two attached hydrogens (primary N) is 1. The first-order valence-corrected chi connectivity index (χ1v) is 8.47. The summed E-state index contributed by atoms with van der Waals surface area (Å²) in [4.78, 5) is 4.44. The highest BCUT2D eigenvalue weighted by Gasteiger charge is 2.43. The Bertz CT molecular complexity index is 746. The summed E-state index contributed by atoms with van der Waals surface area (Å²) in [5.74, 6) is 1.87. The van der Waals surface area contributed by atoms with Gasteiger partial charge in [0.25, 0.3) is 0 Å². The summed E-state index contributed by atoms with van der Waals surface area (Å²) in [5.41, 5.74) is 8.65. The number of benzene rings is 2. The van der Waals surface area contributed by atoms with E-state index in [0.29, 0.717) is 24.0 Å². The highest BCUT2D eigenvalue weighted by Crippen LogP contribution is 2.47. The van der Waals surface area contributed by atoms with Crippen LogP contribution in [-0.2, 0) is 12.0 Å². The summed E-state index contributed by atoms with van der Waals surface area (Å²) < 4.78 is 10.6. The fraction of sp³-hybridized carbons (Fsp3) is 0.350. The molecule has 0 aliphatic heterocycles. The van der Waals surface area contributed by atoms with Crippen LogP contribution in [0.15, 0.2) is 53.5 Å². The van der Waals surface area contributed by atoms with Gasteiger partial charge in [-0.05, 0) is 36.1 Å². The molecule has 3 N–H and O–H groups in total. The van der Waals surface area contributed by atoms with Crippen LogP contribution in [0.2, 0.25) is 0 Å². The highest BCUT2D eigenvalue weighted by atomic mass is 127. The minimum atomic E-state index is 0. The Hall–Kier alpha value is -1.96. The van der Waals surface area contributed by atoms with Gasteiger partial charge in [-0.25, -0.2) is 4.99 Å². The van der Waals surface area contributed by atoms with E-state index in [-0.39, 0.29) is 29.4 Å². The number of hydrogen-bond acceptors (Lipinski definition) is 3. The second-order valence-electron chi connectivity index (χ2n) is 6.39. The number of rotatable bonds is 7. The topological polar surface area (TPSA) is 68.9 Å². The standard InChI is InChI=1S/C20H25N3O2.HI/c1-24-17-9-8-15(12-18(17)25-2)13-22-19(21)23-14-20(10-11-20)16-6-4-3-5-7-16;/h3-9,12H,10-11,13-14H2,1-2H3,(H3,21,22,23);1H. The number of aliphatic imine (C=N–C) groups is 1. The number of nitrogens with one attached hydrogen (secondary N) is 1. The molecule has 0 heterocycles. The molecule has 2 aromatic rings. The SMILES string of the molecule is COc1ccc(CN=C(N)NCC2(c3ccccc3)CC2)cc1OC.I. The molecule has 0 atom stereocenters. The lowest BCUT2D eigenvalue weighted by atomic mass is 9.96. The predicted molar refractivity (Wildman–Crippen MR) is 116 cm³/mol. The van der Waals surface area contributed by atoms with Crippen molar-refractivity contribution in [2.24, 2.45) is 10.7 Å². The van der Waals surface area contributed by atoms with Gasteiger partial charge in [-0.15, -0.1) is 24.0 Å². The Kier molecular flexibility index (Phi) is 7.14. The Balaban J connectivity index is 0.00000243. The van der Waals surface area contributed by atoms with Gasteiger partial charge in [0, 0.05) is 12.0 Å². The second-order valence-corrected chi connectivity index (χ2v) is 6.39. The lowest BCUT2D eigenvalue weighted by Crippen LogP contribution is -2.37. The largest absolute Gasteiger partial charge is 0.493 e. The Morgan fingerprint density at radius 3 is 2.38 bits per heavy atom. The number of hydrogen-bond donors (Lipinski definition) is 2. The zero-order valence-corrected chi connectivity index (χ0v) is 17.5. The van der Waals surface area contributed by atoms with E-state index in [0.717, 1.165) is 12.1 Å². The Morgan fingerprint density at radius 2 is 1.77 bits per heavy atom. The van der Waals surface area contributed by atoms with Crippen molar-refractivity contribution in [3.8, 4) is 11.5 Å². The fourth-order valence-corrected chi connectivity index (χ4v) is 2.98. The number of guanidine groups is 1. The van der Waals surface area contributed by atoms with Gasteiger partial charge in [0.2, 0.25) is 0 Å². The van der Waals surface area contributed by atoms with Crippen LogP contribution in [0.5, 0.6) is 11.5 Å². The molecule has 140 valence electrons. The number of ether oxygens (including phenoxy) is 2. The highest BCUT2D eigenvalue weighted by molar-refractivity contribution is 14.0. The number of methoxy groups -OCH3 is 2. The van der Waals surface area contributed by atoms with Crippen molar-refractivity contribution < 1.29 is 9.47 Å². The molecule has 0 bridgehead atoms. The summed E-state index contributed by atoms with van der Waals surface area (Å²) >= 11 is 0. The van der Waals surface area contributed by atoms with E-state index in [4.69, 9.17) is 15.2 Å². The van der Waals surface area contributed by atoms with Gasteiger partial charge in [-0.3, -0.25) is 0 Å². The van der Waals surface area contributed by atoms with Crippen molar-refractivity contribution in [1.29, 1.82) is 0 Å². The van der Waals surface area contributed by atoms with Crippen molar-refractivity contribution in [3.05, 3.63) is 59.7 Å². The lowest BCUT2D eigenvalue weighted by molar-refractivity contribution is 0.354. The third-order valence-corrected chi connectivity index (χ3v) is 4.73. The molecule has 2 aromatic carbocycles. The van der Waals surface area contributed by atoms with Crippen LogP contribution >= 0.6 is 24.0 Å². The molecule has 0 spiro atoms. The fourth-order valence-electron chi connectivity index (χ4n) is 2.98. The van der Waals surface area contributed by atoms with Gasteiger partial charge < -0.3 is 20.5 Å². The molecule has 0 saturated heterocycles.